The van der Waals surface area contributed by atoms with Gasteiger partial charge in [-0.1, -0.05) is 5.16 Å². The number of carbonyl (C=O) groups excluding carboxylic acids is 2. The summed E-state index contributed by atoms with van der Waals surface area (Å²) in [5, 5.41) is 3.48. The molecule has 1 aliphatic carbocycles. The molecule has 1 aliphatic rings. The number of fused-ring (bicyclic) bond motifs is 1. The molecule has 0 fully saturated rings. The quantitative estimate of drug-likeness (QED) is 0.735. The number of nitrogens with zero attached hydrogens (tertiary/aromatic N) is 1. The Kier molecular flexibility index (Phi) is 4.33. The maximum Gasteiger partial charge on any atom is 0.225 e. The first-order valence-electron chi connectivity index (χ1n) is 5.70. The van der Waals surface area contributed by atoms with Crippen molar-refractivity contribution in [3.8, 4) is 0 Å². The van der Waals surface area contributed by atoms with Crippen LogP contribution < -0.4 is 0 Å². The molecule has 0 spiro atoms. The molecule has 0 atom stereocenters. The van der Waals surface area contributed by atoms with Crippen LogP contribution in [0.5, 0.6) is 0 Å². The summed E-state index contributed by atoms with van der Waals surface area (Å²) in [5.41, 5.74) is 0.259. The highest BCUT2D eigenvalue weighted by Gasteiger charge is 2.29. The monoisotopic (exact) mass is 267 g/mol. The van der Waals surface area contributed by atoms with E-state index in [1.807, 2.05) is 6.92 Å². The highest BCUT2D eigenvalue weighted by molar-refractivity contribution is 8.04. The van der Waals surface area contributed by atoms with Gasteiger partial charge in [-0.3, -0.25) is 9.59 Å². The van der Waals surface area contributed by atoms with Crippen molar-refractivity contribution in [1.82, 2.24) is 5.16 Å². The Morgan fingerprint density at radius 1 is 1.44 bits per heavy atom. The van der Waals surface area contributed by atoms with Crippen LogP contribution >= 0.6 is 11.8 Å². The number of hydrogen-bond donors (Lipinski definition) is 0. The minimum Gasteiger partial charge on any atom is -0.382 e. The fraction of sp³-hybridized carbons (Fsp3) is 0.417. The van der Waals surface area contributed by atoms with Crippen molar-refractivity contribution in [2.24, 2.45) is 0 Å². The van der Waals surface area contributed by atoms with Crippen LogP contribution in [0.4, 0.5) is 0 Å². The van der Waals surface area contributed by atoms with Crippen LogP contribution in [0.25, 0.3) is 0 Å². The predicted octanol–water partition coefficient (Wildman–Crippen LogP) is 2.10. The number of ether oxygens (including phenoxy) is 1. The summed E-state index contributed by atoms with van der Waals surface area (Å²) in [4.78, 5) is 24.1. The van der Waals surface area contributed by atoms with Crippen LogP contribution in [0, 0.1) is 0 Å². The van der Waals surface area contributed by atoms with Gasteiger partial charge in [-0.2, -0.15) is 0 Å². The van der Waals surface area contributed by atoms with E-state index in [0.29, 0.717) is 18.1 Å². The minimum absolute atomic E-state index is 0.0404. The van der Waals surface area contributed by atoms with Gasteiger partial charge < -0.3 is 9.26 Å². The molecule has 0 aromatic carbocycles. The van der Waals surface area contributed by atoms with E-state index in [1.54, 1.807) is 0 Å². The van der Waals surface area contributed by atoms with Gasteiger partial charge in [0.2, 0.25) is 17.3 Å². The summed E-state index contributed by atoms with van der Waals surface area (Å²) in [6, 6.07) is 0. The van der Waals surface area contributed by atoms with E-state index in [4.69, 9.17) is 9.26 Å². The molecular weight excluding hydrogens is 254 g/mol. The van der Waals surface area contributed by atoms with Gasteiger partial charge in [0.15, 0.2) is 0 Å². The number of ketones is 2. The number of Topliss-reactive ketones (excluding diaryl/α,β-unsaturated/α-hetero) is 1. The summed E-state index contributed by atoms with van der Waals surface area (Å²) in [5.74, 6) is 0.297. The zero-order valence-electron chi connectivity index (χ0n) is 9.97. The first-order valence-corrected chi connectivity index (χ1v) is 6.68. The summed E-state index contributed by atoms with van der Waals surface area (Å²) in [6.45, 7) is 3.29. The first kappa shape index (κ1) is 13.0. The van der Waals surface area contributed by atoms with Crippen molar-refractivity contribution in [2.45, 2.75) is 13.3 Å². The van der Waals surface area contributed by atoms with Gasteiger partial charge in [0.1, 0.15) is 0 Å². The lowest BCUT2D eigenvalue weighted by Crippen LogP contribution is -2.13. The molecule has 0 saturated heterocycles. The average Bonchev–Trinajstić information content (AvgIpc) is 2.84. The van der Waals surface area contributed by atoms with Gasteiger partial charge in [0, 0.05) is 25.0 Å². The van der Waals surface area contributed by atoms with Gasteiger partial charge >= 0.3 is 0 Å². The van der Waals surface area contributed by atoms with E-state index >= 15 is 0 Å². The molecule has 0 unspecified atom stereocenters. The van der Waals surface area contributed by atoms with Gasteiger partial charge in [-0.15, -0.1) is 11.8 Å². The van der Waals surface area contributed by atoms with Crippen molar-refractivity contribution < 1.29 is 18.8 Å². The molecule has 1 heterocycles. The Hall–Kier alpha value is -1.40. The highest BCUT2D eigenvalue weighted by Crippen LogP contribution is 2.28. The Morgan fingerprint density at radius 2 is 2.28 bits per heavy atom. The molecule has 0 bridgehead atoms. The standard InChI is InChI=1S/C12H13NO4S/c1-2-16-4-3-5-18-10-6-9(14)12-8(11(10)15)7-13-17-12/h6-7H,2-5H2,1H3. The zero-order valence-corrected chi connectivity index (χ0v) is 10.8. The molecule has 2 rings (SSSR count). The van der Waals surface area contributed by atoms with Gasteiger partial charge in [-0.05, 0) is 13.3 Å². The highest BCUT2D eigenvalue weighted by atomic mass is 32.2. The molecule has 5 nitrogen and oxygen atoms in total. The molecule has 0 aliphatic heterocycles. The van der Waals surface area contributed by atoms with Crippen molar-refractivity contribution in [3.05, 3.63) is 28.5 Å². The Bertz CT molecular complexity index is 492. The number of rotatable bonds is 6. The topological polar surface area (TPSA) is 69.4 Å². The molecular formula is C12H13NO4S. The van der Waals surface area contributed by atoms with Crippen LogP contribution in [0.3, 0.4) is 0 Å². The molecule has 6 heteroatoms. The maximum atomic E-state index is 12.0. The molecule has 0 amide bonds. The first-order chi connectivity index (χ1) is 8.74. The van der Waals surface area contributed by atoms with Crippen LogP contribution in [-0.2, 0) is 4.74 Å². The predicted molar refractivity (Wildman–Crippen MR) is 66.8 cm³/mol. The van der Waals surface area contributed by atoms with Gasteiger partial charge in [0.25, 0.3) is 0 Å². The summed E-state index contributed by atoms with van der Waals surface area (Å²) < 4.78 is 9.96. The van der Waals surface area contributed by atoms with E-state index < -0.39 is 0 Å². The summed E-state index contributed by atoms with van der Waals surface area (Å²) in [6.07, 6.45) is 3.46. The zero-order chi connectivity index (χ0) is 13.0. The van der Waals surface area contributed by atoms with E-state index in [1.165, 1.54) is 24.0 Å². The normalized spacial score (nSPS) is 14.6. The third-order valence-electron chi connectivity index (χ3n) is 2.42. The molecule has 1 aromatic rings. The second kappa shape index (κ2) is 5.97. The van der Waals surface area contributed by atoms with E-state index in [9.17, 15) is 9.59 Å². The summed E-state index contributed by atoms with van der Waals surface area (Å²) in [7, 11) is 0. The van der Waals surface area contributed by atoms with Crippen molar-refractivity contribution in [3.63, 3.8) is 0 Å². The molecule has 0 saturated carbocycles. The lowest BCUT2D eigenvalue weighted by molar-refractivity contribution is 0.0967. The number of allylic oxidation sites excluding steroid dienone is 2. The van der Waals surface area contributed by atoms with Crippen molar-refractivity contribution in [2.75, 3.05) is 19.0 Å². The van der Waals surface area contributed by atoms with E-state index in [0.717, 1.165) is 12.2 Å². The Labute approximate surface area is 109 Å². The number of hydrogen-bond acceptors (Lipinski definition) is 6. The van der Waals surface area contributed by atoms with Gasteiger partial charge in [0.05, 0.1) is 16.7 Å². The second-order valence-electron chi connectivity index (χ2n) is 3.67. The van der Waals surface area contributed by atoms with Crippen LogP contribution in [0.1, 0.15) is 34.3 Å². The van der Waals surface area contributed by atoms with E-state index in [2.05, 4.69) is 5.16 Å². The lowest BCUT2D eigenvalue weighted by atomic mass is 10.0. The molecule has 96 valence electrons. The SMILES string of the molecule is CCOCCCSC1=CC(=O)c2oncc2C1=O. The molecule has 0 radical (unpaired) electrons. The Morgan fingerprint density at radius 3 is 3.06 bits per heavy atom. The summed E-state index contributed by atoms with van der Waals surface area (Å²) >= 11 is 1.37. The van der Waals surface area contributed by atoms with Gasteiger partial charge in [-0.25, -0.2) is 0 Å². The number of aromatic nitrogens is 1. The van der Waals surface area contributed by atoms with E-state index in [-0.39, 0.29) is 22.9 Å². The third kappa shape index (κ3) is 2.70. The Balaban J connectivity index is 1.94. The van der Waals surface area contributed by atoms with Crippen LogP contribution in [0.15, 0.2) is 21.7 Å². The minimum atomic E-state index is -0.297. The largest absolute Gasteiger partial charge is 0.382 e. The van der Waals surface area contributed by atoms with Crippen molar-refractivity contribution >= 4 is 23.3 Å². The lowest BCUT2D eigenvalue weighted by Gasteiger charge is -2.09. The van der Waals surface area contributed by atoms with Crippen LogP contribution in [0.2, 0.25) is 0 Å². The number of carbonyl (C=O) groups is 2. The fourth-order valence-corrected chi connectivity index (χ4v) is 2.47. The number of thioether (sulfide) groups is 1. The van der Waals surface area contributed by atoms with Crippen molar-refractivity contribution in [1.29, 1.82) is 0 Å². The maximum absolute atomic E-state index is 12.0. The second-order valence-corrected chi connectivity index (χ2v) is 4.81. The average molecular weight is 267 g/mol. The smallest absolute Gasteiger partial charge is 0.225 e. The third-order valence-corrected chi connectivity index (χ3v) is 3.53. The van der Waals surface area contributed by atoms with Crippen LogP contribution in [-0.4, -0.2) is 35.7 Å². The molecule has 0 N–H and O–H groups in total. The molecule has 18 heavy (non-hydrogen) atoms. The fourth-order valence-electron chi connectivity index (χ4n) is 1.56. The molecule has 1 aromatic heterocycles.